The summed E-state index contributed by atoms with van der Waals surface area (Å²) in [7, 11) is 1.80. The monoisotopic (exact) mass is 280 g/mol. The minimum atomic E-state index is -0.444. The van der Waals surface area contributed by atoms with Crippen LogP contribution in [0.3, 0.4) is 0 Å². The highest BCUT2D eigenvalue weighted by atomic mass is 32.2. The number of hydrogen-bond donors (Lipinski definition) is 2. The fourth-order valence-corrected chi connectivity index (χ4v) is 2.53. The Labute approximate surface area is 117 Å². The van der Waals surface area contributed by atoms with E-state index in [0.717, 1.165) is 30.7 Å². The van der Waals surface area contributed by atoms with Crippen LogP contribution in [0.15, 0.2) is 16.0 Å². The van der Waals surface area contributed by atoms with E-state index in [1.54, 1.807) is 18.8 Å². The molecule has 6 heteroatoms. The van der Waals surface area contributed by atoms with Gasteiger partial charge in [-0.3, -0.25) is 4.79 Å². The van der Waals surface area contributed by atoms with Gasteiger partial charge >= 0.3 is 0 Å². The van der Waals surface area contributed by atoms with Crippen LogP contribution in [0, 0.1) is 18.3 Å². The maximum Gasteiger partial charge on any atom is 0.251 e. The van der Waals surface area contributed by atoms with E-state index < -0.39 is 5.54 Å². The molecule has 19 heavy (non-hydrogen) atoms. The van der Waals surface area contributed by atoms with Crippen LogP contribution in [0.1, 0.15) is 31.9 Å². The van der Waals surface area contributed by atoms with E-state index >= 15 is 0 Å². The lowest BCUT2D eigenvalue weighted by Gasteiger charge is -2.20. The number of aromatic amines is 1. The zero-order chi connectivity index (χ0) is 14.3. The van der Waals surface area contributed by atoms with Gasteiger partial charge in [-0.1, -0.05) is 11.8 Å². The van der Waals surface area contributed by atoms with Gasteiger partial charge in [0.25, 0.3) is 5.56 Å². The van der Waals surface area contributed by atoms with Crippen molar-refractivity contribution in [1.82, 2.24) is 15.3 Å². The van der Waals surface area contributed by atoms with Gasteiger partial charge in [-0.05, 0) is 40.2 Å². The minimum Gasteiger partial charge on any atom is -0.303 e. The van der Waals surface area contributed by atoms with E-state index in [1.807, 2.05) is 13.8 Å². The molecular weight excluding hydrogens is 260 g/mol. The van der Waals surface area contributed by atoms with Crippen LogP contribution in [0.25, 0.3) is 0 Å². The number of hydrogen-bond acceptors (Lipinski definition) is 5. The Morgan fingerprint density at radius 3 is 2.89 bits per heavy atom. The van der Waals surface area contributed by atoms with Gasteiger partial charge in [0.2, 0.25) is 0 Å². The van der Waals surface area contributed by atoms with Gasteiger partial charge in [0.1, 0.15) is 5.54 Å². The van der Waals surface area contributed by atoms with E-state index in [-0.39, 0.29) is 5.56 Å². The molecule has 1 unspecified atom stereocenters. The molecule has 1 aromatic heterocycles. The number of aryl methyl sites for hydroxylation is 1. The maximum atomic E-state index is 11.3. The Balaban J connectivity index is 2.32. The summed E-state index contributed by atoms with van der Waals surface area (Å²) in [6, 6.07) is 3.76. The largest absolute Gasteiger partial charge is 0.303 e. The van der Waals surface area contributed by atoms with E-state index in [1.165, 1.54) is 6.07 Å². The third kappa shape index (κ3) is 5.45. The van der Waals surface area contributed by atoms with Gasteiger partial charge in [0.05, 0.1) is 6.07 Å². The summed E-state index contributed by atoms with van der Waals surface area (Å²) in [6.45, 7) is 3.71. The van der Waals surface area contributed by atoms with Crippen LogP contribution in [-0.2, 0) is 0 Å². The molecule has 1 heterocycles. The Bertz CT molecular complexity index is 508. The van der Waals surface area contributed by atoms with Crippen molar-refractivity contribution in [1.29, 1.82) is 5.26 Å². The molecule has 0 aliphatic carbocycles. The summed E-state index contributed by atoms with van der Waals surface area (Å²) in [4.78, 5) is 18.2. The molecule has 1 rings (SSSR count). The number of H-pyrrole nitrogens is 1. The second-order valence-electron chi connectivity index (χ2n) is 4.69. The quantitative estimate of drug-likeness (QED) is 0.452. The van der Waals surface area contributed by atoms with Crippen LogP contribution in [0.4, 0.5) is 0 Å². The van der Waals surface area contributed by atoms with Crippen LogP contribution >= 0.6 is 11.8 Å². The van der Waals surface area contributed by atoms with Gasteiger partial charge < -0.3 is 10.3 Å². The topological polar surface area (TPSA) is 81.6 Å². The number of nitrogens with one attached hydrogen (secondary N) is 2. The van der Waals surface area contributed by atoms with Gasteiger partial charge in [0, 0.05) is 17.5 Å². The van der Waals surface area contributed by atoms with Crippen molar-refractivity contribution >= 4 is 11.8 Å². The highest BCUT2D eigenvalue weighted by molar-refractivity contribution is 7.99. The Morgan fingerprint density at radius 1 is 1.58 bits per heavy atom. The maximum absolute atomic E-state index is 11.3. The Morgan fingerprint density at radius 2 is 2.32 bits per heavy atom. The van der Waals surface area contributed by atoms with Crippen molar-refractivity contribution in [2.45, 2.75) is 43.8 Å². The predicted molar refractivity (Wildman–Crippen MR) is 77.2 cm³/mol. The number of nitrogens with zero attached hydrogens (tertiary/aromatic N) is 2. The molecule has 0 saturated carbocycles. The van der Waals surface area contributed by atoms with Crippen molar-refractivity contribution in [3.8, 4) is 6.07 Å². The lowest BCUT2D eigenvalue weighted by molar-refractivity contribution is 0.439. The molecule has 0 amide bonds. The molecule has 0 aliphatic heterocycles. The van der Waals surface area contributed by atoms with E-state index in [9.17, 15) is 4.79 Å². The molecule has 0 spiro atoms. The highest BCUT2D eigenvalue weighted by Crippen LogP contribution is 2.17. The number of unbranched alkanes of at least 4 members (excludes halogenated alkanes) is 1. The van der Waals surface area contributed by atoms with E-state index in [2.05, 4.69) is 21.4 Å². The summed E-state index contributed by atoms with van der Waals surface area (Å²) in [5.74, 6) is 0.887. The molecule has 104 valence electrons. The van der Waals surface area contributed by atoms with Crippen LogP contribution in [0.2, 0.25) is 0 Å². The molecule has 0 aliphatic rings. The van der Waals surface area contributed by atoms with E-state index in [0.29, 0.717) is 5.16 Å². The van der Waals surface area contributed by atoms with Gasteiger partial charge in [-0.15, -0.1) is 0 Å². The van der Waals surface area contributed by atoms with Crippen molar-refractivity contribution in [3.63, 3.8) is 0 Å². The zero-order valence-electron chi connectivity index (χ0n) is 11.6. The van der Waals surface area contributed by atoms with Gasteiger partial charge in [0.15, 0.2) is 5.16 Å². The summed E-state index contributed by atoms with van der Waals surface area (Å²) in [5, 5.41) is 12.7. The summed E-state index contributed by atoms with van der Waals surface area (Å²) in [6.07, 6.45) is 2.77. The molecule has 0 aromatic carbocycles. The average molecular weight is 280 g/mol. The fraction of sp³-hybridized carbons (Fsp3) is 0.615. The lowest BCUT2D eigenvalue weighted by atomic mass is 9.97. The molecule has 0 radical (unpaired) electrons. The van der Waals surface area contributed by atoms with Crippen LogP contribution in [0.5, 0.6) is 0 Å². The third-order valence-electron chi connectivity index (χ3n) is 2.96. The molecule has 2 N–H and O–H groups in total. The number of nitriles is 1. The fourth-order valence-electron chi connectivity index (χ4n) is 1.61. The first-order chi connectivity index (χ1) is 8.99. The minimum absolute atomic E-state index is 0.109. The smallest absolute Gasteiger partial charge is 0.251 e. The summed E-state index contributed by atoms with van der Waals surface area (Å²) in [5.41, 5.74) is 0.182. The SMILES string of the molecule is CNC(C)(C#N)CCCCSc1nc(C)cc(=O)[nH]1. The Hall–Kier alpha value is -1.32. The second-order valence-corrected chi connectivity index (χ2v) is 5.78. The van der Waals surface area contributed by atoms with Crippen LogP contribution < -0.4 is 10.9 Å². The van der Waals surface area contributed by atoms with Crippen molar-refractivity contribution < 1.29 is 0 Å². The standard InChI is InChI=1S/C13H20N4OS/c1-10-8-11(18)17-12(16-10)19-7-5-4-6-13(2,9-14)15-3/h8,15H,4-7H2,1-3H3,(H,16,17,18). The average Bonchev–Trinajstić information content (AvgIpc) is 2.37. The predicted octanol–water partition coefficient (Wildman–Crippen LogP) is 1.84. The van der Waals surface area contributed by atoms with Gasteiger partial charge in [-0.2, -0.15) is 5.26 Å². The third-order valence-corrected chi connectivity index (χ3v) is 3.92. The highest BCUT2D eigenvalue weighted by Gasteiger charge is 2.19. The summed E-state index contributed by atoms with van der Waals surface area (Å²) >= 11 is 1.54. The molecule has 1 atom stereocenters. The number of thioether (sulfide) groups is 1. The molecule has 0 saturated heterocycles. The number of rotatable bonds is 7. The van der Waals surface area contributed by atoms with Gasteiger partial charge in [-0.25, -0.2) is 4.98 Å². The van der Waals surface area contributed by atoms with Crippen molar-refractivity contribution in [2.75, 3.05) is 12.8 Å². The zero-order valence-corrected chi connectivity index (χ0v) is 12.4. The molecular formula is C13H20N4OS. The molecule has 0 fully saturated rings. The lowest BCUT2D eigenvalue weighted by Crippen LogP contribution is -2.37. The first-order valence-corrected chi connectivity index (χ1v) is 7.28. The Kier molecular flexibility index (Phi) is 6.06. The van der Waals surface area contributed by atoms with Crippen molar-refractivity contribution in [3.05, 3.63) is 22.1 Å². The first kappa shape index (κ1) is 15.7. The molecule has 5 nitrogen and oxygen atoms in total. The normalized spacial score (nSPS) is 13.8. The summed E-state index contributed by atoms with van der Waals surface area (Å²) < 4.78 is 0. The first-order valence-electron chi connectivity index (χ1n) is 6.30. The second kappa shape index (κ2) is 7.31. The molecule has 1 aromatic rings. The number of aromatic nitrogens is 2. The van der Waals surface area contributed by atoms with E-state index in [4.69, 9.17) is 5.26 Å². The van der Waals surface area contributed by atoms with Crippen molar-refractivity contribution in [2.24, 2.45) is 0 Å². The molecule has 0 bridgehead atoms. The van der Waals surface area contributed by atoms with Crippen LogP contribution in [-0.4, -0.2) is 28.3 Å².